The number of halogens is 3. The maximum atomic E-state index is 12.9. The van der Waals surface area contributed by atoms with E-state index in [-0.39, 0.29) is 11.9 Å². The number of ether oxygens (including phenoxy) is 3. The maximum absolute atomic E-state index is 12.9. The Hall–Kier alpha value is -4.87. The minimum absolute atomic E-state index is 0.0263. The molecule has 1 N–H and O–H groups in total. The van der Waals surface area contributed by atoms with Crippen molar-refractivity contribution in [2.24, 2.45) is 5.10 Å². The van der Waals surface area contributed by atoms with Crippen LogP contribution in [0.4, 0.5) is 36.4 Å². The molecule has 38 heavy (non-hydrogen) atoms. The number of alkyl halides is 3. The summed E-state index contributed by atoms with van der Waals surface area (Å²) in [4.78, 5) is 14.2. The van der Waals surface area contributed by atoms with Gasteiger partial charge in [-0.3, -0.25) is 4.90 Å². The summed E-state index contributed by atoms with van der Waals surface area (Å²) in [5, 5.41) is 4.12. The Balaban J connectivity index is 1.70. The highest BCUT2D eigenvalue weighted by molar-refractivity contribution is 5.81. The predicted octanol–water partition coefficient (Wildman–Crippen LogP) is 5.75. The molecule has 0 spiro atoms. The molecule has 1 aromatic heterocycles. The van der Waals surface area contributed by atoms with Gasteiger partial charge in [0, 0.05) is 11.4 Å². The number of para-hydroxylation sites is 2. The number of benzene rings is 3. The molecule has 0 saturated carbocycles. The average Bonchev–Trinajstić information content (AvgIpc) is 2.93. The normalized spacial score (nSPS) is 11.3. The number of hydrogen-bond acceptors (Lipinski definition) is 9. The zero-order valence-corrected chi connectivity index (χ0v) is 20.4. The van der Waals surface area contributed by atoms with Crippen LogP contribution < -0.4 is 24.5 Å². The van der Waals surface area contributed by atoms with Crippen LogP contribution >= 0.6 is 0 Å². The Morgan fingerprint density at radius 3 is 2.05 bits per heavy atom. The van der Waals surface area contributed by atoms with Crippen molar-refractivity contribution in [1.29, 1.82) is 0 Å². The van der Waals surface area contributed by atoms with Crippen molar-refractivity contribution >= 4 is 29.5 Å². The second-order valence-electron chi connectivity index (χ2n) is 7.64. The molecular formula is C26H23F3N6O3. The molecule has 0 bridgehead atoms. The Bertz CT molecular complexity index is 1330. The van der Waals surface area contributed by atoms with E-state index in [0.29, 0.717) is 28.4 Å². The molecule has 4 aromatic rings. The second-order valence-corrected chi connectivity index (χ2v) is 7.64. The molecule has 12 heteroatoms. The Labute approximate surface area is 216 Å². The molecule has 0 amide bonds. The number of hydrazone groups is 1. The predicted molar refractivity (Wildman–Crippen MR) is 137 cm³/mol. The lowest BCUT2D eigenvalue weighted by molar-refractivity contribution is -0.154. The monoisotopic (exact) mass is 524 g/mol. The first-order valence-corrected chi connectivity index (χ1v) is 11.2. The number of rotatable bonds is 10. The fourth-order valence-corrected chi connectivity index (χ4v) is 3.34. The highest BCUT2D eigenvalue weighted by Gasteiger charge is 2.29. The fourth-order valence-electron chi connectivity index (χ4n) is 3.34. The second kappa shape index (κ2) is 11.9. The summed E-state index contributed by atoms with van der Waals surface area (Å²) in [5.74, 6) is 0.954. The van der Waals surface area contributed by atoms with Crippen LogP contribution in [0.1, 0.15) is 5.56 Å². The van der Waals surface area contributed by atoms with Crippen molar-refractivity contribution in [2.45, 2.75) is 6.18 Å². The zero-order valence-electron chi connectivity index (χ0n) is 20.4. The molecule has 3 aromatic carbocycles. The smallest absolute Gasteiger partial charge is 0.422 e. The van der Waals surface area contributed by atoms with Crippen LogP contribution in [0, 0.1) is 0 Å². The van der Waals surface area contributed by atoms with Crippen LogP contribution in [0.2, 0.25) is 0 Å². The van der Waals surface area contributed by atoms with Crippen LogP contribution in [0.3, 0.4) is 0 Å². The first-order valence-electron chi connectivity index (χ1n) is 11.2. The number of aromatic nitrogens is 3. The third kappa shape index (κ3) is 6.87. The van der Waals surface area contributed by atoms with Gasteiger partial charge in [-0.15, -0.1) is 0 Å². The molecule has 9 nitrogen and oxygen atoms in total. The summed E-state index contributed by atoms with van der Waals surface area (Å²) in [6.07, 6.45) is -3.11. The first-order chi connectivity index (χ1) is 18.4. The third-order valence-corrected chi connectivity index (χ3v) is 4.98. The van der Waals surface area contributed by atoms with Gasteiger partial charge in [-0.2, -0.15) is 33.2 Å². The number of nitrogens with one attached hydrogen (secondary N) is 1. The minimum atomic E-state index is -4.58. The summed E-state index contributed by atoms with van der Waals surface area (Å²) < 4.78 is 54.0. The lowest BCUT2D eigenvalue weighted by atomic mass is 10.2. The summed E-state index contributed by atoms with van der Waals surface area (Å²) in [6.45, 7) is -1.57. The topological polar surface area (TPSA) is 94.0 Å². The molecular weight excluding hydrogens is 501 g/mol. The molecule has 0 unspecified atom stereocenters. The van der Waals surface area contributed by atoms with Crippen LogP contribution in [0.15, 0.2) is 84.0 Å². The van der Waals surface area contributed by atoms with Gasteiger partial charge in [0.25, 0.3) is 5.95 Å². The zero-order chi connectivity index (χ0) is 27.0. The number of hydrogen-bond donors (Lipinski definition) is 1. The van der Waals surface area contributed by atoms with Crippen molar-refractivity contribution in [3.63, 3.8) is 0 Å². The number of nitrogens with zero attached hydrogens (tertiary/aromatic N) is 5. The highest BCUT2D eigenvalue weighted by Crippen LogP contribution is 2.33. The van der Waals surface area contributed by atoms with E-state index in [9.17, 15) is 13.2 Å². The van der Waals surface area contributed by atoms with Crippen molar-refractivity contribution in [1.82, 2.24) is 15.0 Å². The molecule has 0 radical (unpaired) electrons. The van der Waals surface area contributed by atoms with Crippen LogP contribution in [0.25, 0.3) is 0 Å². The Morgan fingerprint density at radius 2 is 1.47 bits per heavy atom. The van der Waals surface area contributed by atoms with Gasteiger partial charge in [0.15, 0.2) is 18.1 Å². The minimum Gasteiger partial charge on any atom is -0.493 e. The molecule has 0 atom stereocenters. The quantitative estimate of drug-likeness (QED) is 0.207. The van der Waals surface area contributed by atoms with E-state index in [0.717, 1.165) is 0 Å². The molecule has 196 valence electrons. The summed E-state index contributed by atoms with van der Waals surface area (Å²) >= 11 is 0. The van der Waals surface area contributed by atoms with Crippen molar-refractivity contribution in [2.75, 3.05) is 31.2 Å². The van der Waals surface area contributed by atoms with E-state index < -0.39 is 18.8 Å². The first kappa shape index (κ1) is 26.2. The van der Waals surface area contributed by atoms with Crippen LogP contribution in [-0.2, 0) is 0 Å². The SMILES string of the molecule is COc1ccc(/C=N/Nc2nc(OCC(F)(F)F)nc(N(c3ccccc3)c3ccccc3)n2)cc1OC. The van der Waals surface area contributed by atoms with Gasteiger partial charge < -0.3 is 14.2 Å². The standard InChI is InChI=1S/C26H23F3N6O3/c1-36-21-14-13-18(15-22(21)37-2)16-30-34-23-31-24(33-25(32-23)38-17-26(27,28)29)35(19-9-5-3-6-10-19)20-11-7-4-8-12-20/h3-16H,17H2,1-2H3,(H,31,32,33,34)/b30-16+. The highest BCUT2D eigenvalue weighted by atomic mass is 19.4. The van der Waals surface area contributed by atoms with E-state index in [4.69, 9.17) is 14.2 Å². The van der Waals surface area contributed by atoms with E-state index >= 15 is 0 Å². The lowest BCUT2D eigenvalue weighted by Crippen LogP contribution is -2.21. The fraction of sp³-hybridized carbons (Fsp3) is 0.154. The molecule has 0 fully saturated rings. The maximum Gasteiger partial charge on any atom is 0.422 e. The molecule has 0 aliphatic heterocycles. The van der Waals surface area contributed by atoms with E-state index in [1.54, 1.807) is 23.1 Å². The van der Waals surface area contributed by atoms with E-state index in [1.165, 1.54) is 20.4 Å². The van der Waals surface area contributed by atoms with Gasteiger partial charge in [-0.1, -0.05) is 36.4 Å². The summed E-state index contributed by atoms with van der Waals surface area (Å²) in [5.41, 5.74) is 4.65. The third-order valence-electron chi connectivity index (χ3n) is 4.98. The van der Waals surface area contributed by atoms with Crippen molar-refractivity contribution in [3.8, 4) is 17.5 Å². The number of anilines is 4. The van der Waals surface area contributed by atoms with Gasteiger partial charge in [-0.25, -0.2) is 5.43 Å². The van der Waals surface area contributed by atoms with Gasteiger partial charge in [-0.05, 0) is 48.0 Å². The summed E-state index contributed by atoms with van der Waals surface area (Å²) in [6, 6.07) is 22.9. The molecule has 4 rings (SSSR count). The van der Waals surface area contributed by atoms with Gasteiger partial charge in [0.1, 0.15) is 0 Å². The van der Waals surface area contributed by atoms with Crippen LogP contribution in [-0.4, -0.2) is 48.2 Å². The van der Waals surface area contributed by atoms with Gasteiger partial charge in [0.05, 0.1) is 20.4 Å². The average molecular weight is 525 g/mol. The molecule has 0 aliphatic carbocycles. The molecule has 1 heterocycles. The Kier molecular flexibility index (Phi) is 8.21. The van der Waals surface area contributed by atoms with Gasteiger partial charge >= 0.3 is 12.2 Å². The largest absolute Gasteiger partial charge is 0.493 e. The van der Waals surface area contributed by atoms with E-state index in [2.05, 4.69) is 25.5 Å². The Morgan fingerprint density at radius 1 is 0.842 bits per heavy atom. The van der Waals surface area contributed by atoms with Crippen molar-refractivity contribution < 1.29 is 27.4 Å². The van der Waals surface area contributed by atoms with Crippen molar-refractivity contribution in [3.05, 3.63) is 84.4 Å². The number of methoxy groups -OCH3 is 2. The van der Waals surface area contributed by atoms with Crippen LogP contribution in [0.5, 0.6) is 17.5 Å². The molecule has 0 saturated heterocycles. The summed E-state index contributed by atoms with van der Waals surface area (Å²) in [7, 11) is 3.04. The molecule has 0 aliphatic rings. The lowest BCUT2D eigenvalue weighted by Gasteiger charge is -2.23. The van der Waals surface area contributed by atoms with Gasteiger partial charge in [0.2, 0.25) is 5.95 Å². The van der Waals surface area contributed by atoms with E-state index in [1.807, 2.05) is 60.7 Å².